The van der Waals surface area contributed by atoms with Gasteiger partial charge >= 0.3 is 0 Å². The Kier molecular flexibility index (Phi) is 4.56. The highest BCUT2D eigenvalue weighted by Gasteiger charge is 2.33. The second-order valence-electron chi connectivity index (χ2n) is 6.14. The maximum atomic E-state index is 13.9. The lowest BCUT2D eigenvalue weighted by Crippen LogP contribution is -2.35. The normalized spacial score (nSPS) is 21.7. The van der Waals surface area contributed by atoms with Gasteiger partial charge in [0, 0.05) is 43.0 Å². The number of halogens is 1. The van der Waals surface area contributed by atoms with Crippen molar-refractivity contribution >= 4 is 5.82 Å². The van der Waals surface area contributed by atoms with Crippen LogP contribution in [0, 0.1) is 20.8 Å². The third-order valence-electron chi connectivity index (χ3n) is 4.34. The minimum absolute atomic E-state index is 0.119. The summed E-state index contributed by atoms with van der Waals surface area (Å²) in [5, 5.41) is 7.27. The lowest BCUT2D eigenvalue weighted by Gasteiger charge is -2.24. The molecule has 1 aliphatic heterocycles. The Hall–Kier alpha value is -2.02. The highest BCUT2D eigenvalue weighted by atomic mass is 19.1. The molecule has 23 heavy (non-hydrogen) atoms. The van der Waals surface area contributed by atoms with Crippen molar-refractivity contribution in [2.75, 3.05) is 18.4 Å². The lowest BCUT2D eigenvalue weighted by atomic mass is 10.1. The number of aromatic nitrogens is 3. The molecule has 2 aromatic heterocycles. The van der Waals surface area contributed by atoms with E-state index < -0.39 is 6.17 Å². The van der Waals surface area contributed by atoms with Gasteiger partial charge < -0.3 is 9.84 Å². The number of likely N-dealkylation sites (tertiary alicyclic amines) is 1. The number of hydrogen-bond donors (Lipinski definition) is 1. The van der Waals surface area contributed by atoms with Crippen molar-refractivity contribution in [1.82, 2.24) is 20.0 Å². The van der Waals surface area contributed by atoms with Crippen molar-refractivity contribution in [3.8, 4) is 0 Å². The number of rotatable bonds is 5. The molecule has 0 radical (unpaired) electrons. The van der Waals surface area contributed by atoms with E-state index in [1.807, 2.05) is 26.8 Å². The Morgan fingerprint density at radius 2 is 2.17 bits per heavy atom. The van der Waals surface area contributed by atoms with Crippen molar-refractivity contribution in [2.45, 2.75) is 46.0 Å². The van der Waals surface area contributed by atoms with E-state index >= 15 is 0 Å². The monoisotopic (exact) mass is 319 g/mol. The van der Waals surface area contributed by atoms with Crippen LogP contribution in [0.1, 0.15) is 29.1 Å². The summed E-state index contributed by atoms with van der Waals surface area (Å²) in [6, 6.07) is 2.01. The van der Waals surface area contributed by atoms with Crippen molar-refractivity contribution in [1.29, 1.82) is 0 Å². The topological polar surface area (TPSA) is 67.1 Å². The molecule has 2 aromatic rings. The van der Waals surface area contributed by atoms with Crippen LogP contribution in [0.4, 0.5) is 10.2 Å². The van der Waals surface area contributed by atoms with E-state index in [-0.39, 0.29) is 6.04 Å². The molecule has 0 bridgehead atoms. The van der Waals surface area contributed by atoms with Gasteiger partial charge in [0.15, 0.2) is 0 Å². The molecule has 1 aliphatic rings. The highest BCUT2D eigenvalue weighted by Crippen LogP contribution is 2.25. The molecule has 2 atom stereocenters. The summed E-state index contributed by atoms with van der Waals surface area (Å²) in [4.78, 5) is 10.4. The number of nitrogens with one attached hydrogen (secondary N) is 1. The molecule has 0 aromatic carbocycles. The second kappa shape index (κ2) is 6.62. The van der Waals surface area contributed by atoms with Crippen LogP contribution in [0.25, 0.3) is 0 Å². The number of alkyl halides is 1. The second-order valence-corrected chi connectivity index (χ2v) is 6.14. The van der Waals surface area contributed by atoms with Gasteiger partial charge in [0.2, 0.25) is 0 Å². The summed E-state index contributed by atoms with van der Waals surface area (Å²) in [5.41, 5.74) is 2.84. The van der Waals surface area contributed by atoms with Gasteiger partial charge in [-0.3, -0.25) is 4.90 Å². The lowest BCUT2D eigenvalue weighted by molar-refractivity contribution is 0.239. The van der Waals surface area contributed by atoms with Gasteiger partial charge in [-0.15, -0.1) is 0 Å². The Morgan fingerprint density at radius 1 is 1.35 bits per heavy atom. The summed E-state index contributed by atoms with van der Waals surface area (Å²) >= 11 is 0. The molecule has 0 unspecified atom stereocenters. The first kappa shape index (κ1) is 15.9. The molecule has 1 saturated heterocycles. The largest absolute Gasteiger partial charge is 0.368 e. The van der Waals surface area contributed by atoms with Gasteiger partial charge in [0.25, 0.3) is 0 Å². The van der Waals surface area contributed by atoms with E-state index in [1.165, 1.54) is 6.33 Å². The van der Waals surface area contributed by atoms with E-state index in [1.54, 1.807) is 0 Å². The maximum absolute atomic E-state index is 13.9. The molecule has 0 aliphatic carbocycles. The molecule has 124 valence electrons. The maximum Gasteiger partial charge on any atom is 0.138 e. The van der Waals surface area contributed by atoms with Crippen molar-refractivity contribution < 1.29 is 8.91 Å². The average Bonchev–Trinajstić information content (AvgIpc) is 3.02. The number of nitrogens with zero attached hydrogens (tertiary/aromatic N) is 4. The van der Waals surface area contributed by atoms with Crippen LogP contribution >= 0.6 is 0 Å². The number of anilines is 1. The summed E-state index contributed by atoms with van der Waals surface area (Å²) in [6.45, 7) is 7.50. The van der Waals surface area contributed by atoms with Gasteiger partial charge in [-0.1, -0.05) is 5.16 Å². The average molecular weight is 319 g/mol. The Bertz CT molecular complexity index is 655. The Balaban J connectivity index is 1.65. The molecule has 3 rings (SSSR count). The number of hydrogen-bond acceptors (Lipinski definition) is 6. The van der Waals surface area contributed by atoms with E-state index in [4.69, 9.17) is 4.52 Å². The highest BCUT2D eigenvalue weighted by molar-refractivity contribution is 5.34. The smallest absolute Gasteiger partial charge is 0.138 e. The quantitative estimate of drug-likeness (QED) is 0.913. The van der Waals surface area contributed by atoms with Crippen LogP contribution in [-0.4, -0.2) is 45.3 Å². The summed E-state index contributed by atoms with van der Waals surface area (Å²) in [6.07, 6.45) is 1.27. The summed E-state index contributed by atoms with van der Waals surface area (Å²) in [7, 11) is 0. The van der Waals surface area contributed by atoms with Crippen LogP contribution in [0.2, 0.25) is 0 Å². The third kappa shape index (κ3) is 3.67. The Morgan fingerprint density at radius 3 is 2.87 bits per heavy atom. The minimum atomic E-state index is -0.797. The van der Waals surface area contributed by atoms with Crippen LogP contribution < -0.4 is 5.32 Å². The molecule has 0 saturated carbocycles. The predicted octanol–water partition coefficient (Wildman–Crippen LogP) is 2.41. The molecular formula is C16H22FN5O. The molecule has 7 heteroatoms. The van der Waals surface area contributed by atoms with Crippen molar-refractivity contribution in [3.63, 3.8) is 0 Å². The summed E-state index contributed by atoms with van der Waals surface area (Å²) < 4.78 is 19.1. The van der Waals surface area contributed by atoms with Crippen LogP contribution in [0.15, 0.2) is 16.9 Å². The zero-order valence-electron chi connectivity index (χ0n) is 13.7. The third-order valence-corrected chi connectivity index (χ3v) is 4.34. The van der Waals surface area contributed by atoms with Gasteiger partial charge in [-0.25, -0.2) is 14.4 Å². The number of aryl methyl sites for hydroxylation is 3. The van der Waals surface area contributed by atoms with Crippen LogP contribution in [0.3, 0.4) is 0 Å². The molecule has 1 N–H and O–H groups in total. The fourth-order valence-corrected chi connectivity index (χ4v) is 3.03. The molecule has 6 nitrogen and oxygen atoms in total. The molecule has 0 spiro atoms. The first-order chi connectivity index (χ1) is 11.0. The van der Waals surface area contributed by atoms with E-state index in [0.29, 0.717) is 26.1 Å². The predicted molar refractivity (Wildman–Crippen MR) is 84.9 cm³/mol. The molecular weight excluding hydrogens is 297 g/mol. The van der Waals surface area contributed by atoms with E-state index in [2.05, 4.69) is 25.3 Å². The van der Waals surface area contributed by atoms with Crippen LogP contribution in [0.5, 0.6) is 0 Å². The fraction of sp³-hybridized carbons (Fsp3) is 0.562. The first-order valence-corrected chi connectivity index (χ1v) is 7.85. The molecule has 0 amide bonds. The fourth-order valence-electron chi connectivity index (χ4n) is 3.03. The molecule has 1 fully saturated rings. The van der Waals surface area contributed by atoms with Gasteiger partial charge in [-0.2, -0.15) is 0 Å². The van der Waals surface area contributed by atoms with Gasteiger partial charge in [-0.05, 0) is 27.2 Å². The summed E-state index contributed by atoms with van der Waals surface area (Å²) in [5.74, 6) is 1.58. The van der Waals surface area contributed by atoms with Crippen molar-refractivity contribution in [3.05, 3.63) is 35.1 Å². The minimum Gasteiger partial charge on any atom is -0.368 e. The standard InChI is InChI=1S/C16H22FN5O/c1-10-4-16(20-9-19-10)18-6-14-5-13(17)7-22(14)8-15-11(2)21-23-12(15)3/h4,9,13-14H,5-8H2,1-3H3,(H,18,19,20)/t13-,14-/m0/s1. The zero-order valence-corrected chi connectivity index (χ0v) is 13.7. The van der Waals surface area contributed by atoms with Gasteiger partial charge in [0.1, 0.15) is 24.1 Å². The van der Waals surface area contributed by atoms with Crippen LogP contribution in [-0.2, 0) is 6.54 Å². The van der Waals surface area contributed by atoms with E-state index in [9.17, 15) is 4.39 Å². The van der Waals surface area contributed by atoms with E-state index in [0.717, 1.165) is 28.5 Å². The molecule has 3 heterocycles. The van der Waals surface area contributed by atoms with Crippen molar-refractivity contribution in [2.24, 2.45) is 0 Å². The van der Waals surface area contributed by atoms with Gasteiger partial charge in [0.05, 0.1) is 5.69 Å². The Labute approximate surface area is 135 Å². The first-order valence-electron chi connectivity index (χ1n) is 7.85. The zero-order chi connectivity index (χ0) is 16.4. The SMILES string of the molecule is Cc1cc(NC[C@@H]2C[C@H](F)CN2Cc2c(C)noc2C)ncn1.